The highest BCUT2D eigenvalue weighted by Crippen LogP contribution is 2.24. The Balaban J connectivity index is 1.67. The average Bonchev–Trinajstić information content (AvgIpc) is 3.29. The van der Waals surface area contributed by atoms with E-state index in [9.17, 15) is 4.79 Å². The van der Waals surface area contributed by atoms with Crippen LogP contribution in [0.25, 0.3) is 0 Å². The van der Waals surface area contributed by atoms with Gasteiger partial charge in [-0.15, -0.1) is 34.4 Å². The lowest BCUT2D eigenvalue weighted by Gasteiger charge is -2.18. The minimum Gasteiger partial charge on any atom is -0.320 e. The summed E-state index contributed by atoms with van der Waals surface area (Å²) in [5, 5.41) is 7.26. The zero-order valence-electron chi connectivity index (χ0n) is 14.0. The molecular formula is C19H21N2OS3+. The molecular weight excluding hydrogens is 368 g/mol. The van der Waals surface area contributed by atoms with Crippen molar-refractivity contribution in [2.75, 3.05) is 18.1 Å². The van der Waals surface area contributed by atoms with Gasteiger partial charge in [0.15, 0.2) is 6.54 Å². The molecule has 0 atom stereocenters. The van der Waals surface area contributed by atoms with Gasteiger partial charge in [0.2, 0.25) is 0 Å². The number of nitrogens with one attached hydrogen (secondary N) is 2. The molecule has 0 aliphatic carbocycles. The second-order valence-electron chi connectivity index (χ2n) is 5.69. The topological polar surface area (TPSA) is 33.5 Å². The maximum absolute atomic E-state index is 12.6. The van der Waals surface area contributed by atoms with Crippen LogP contribution in [0.3, 0.4) is 0 Å². The van der Waals surface area contributed by atoms with Crippen LogP contribution in [0.15, 0.2) is 64.2 Å². The van der Waals surface area contributed by atoms with E-state index in [1.165, 1.54) is 14.7 Å². The molecule has 0 saturated heterocycles. The first-order chi connectivity index (χ1) is 12.2. The molecule has 3 rings (SSSR count). The highest BCUT2D eigenvalue weighted by atomic mass is 32.2. The Morgan fingerprint density at radius 2 is 1.64 bits per heavy atom. The predicted molar refractivity (Wildman–Crippen MR) is 109 cm³/mol. The molecule has 1 aromatic carbocycles. The average molecular weight is 390 g/mol. The summed E-state index contributed by atoms with van der Waals surface area (Å²) in [6, 6.07) is 16.4. The van der Waals surface area contributed by atoms with Gasteiger partial charge >= 0.3 is 0 Å². The molecule has 3 aromatic rings. The monoisotopic (exact) mass is 389 g/mol. The van der Waals surface area contributed by atoms with Crippen molar-refractivity contribution in [3.8, 4) is 0 Å². The second kappa shape index (κ2) is 9.20. The van der Waals surface area contributed by atoms with E-state index in [-0.39, 0.29) is 5.91 Å². The van der Waals surface area contributed by atoms with Crippen LogP contribution in [0, 0.1) is 0 Å². The van der Waals surface area contributed by atoms with Crippen LogP contribution in [0.2, 0.25) is 0 Å². The van der Waals surface area contributed by atoms with Gasteiger partial charge in [-0.3, -0.25) is 4.79 Å². The van der Waals surface area contributed by atoms with Gasteiger partial charge in [-0.2, -0.15) is 0 Å². The van der Waals surface area contributed by atoms with Crippen molar-refractivity contribution in [1.29, 1.82) is 0 Å². The molecule has 0 saturated carbocycles. The summed E-state index contributed by atoms with van der Waals surface area (Å²) in [7, 11) is 0. The highest BCUT2D eigenvalue weighted by molar-refractivity contribution is 7.98. The number of thioether (sulfide) groups is 1. The SMILES string of the molecule is CSc1ccccc1NC(=O)C[NH+](Cc1cccs1)Cc1cccs1. The summed E-state index contributed by atoms with van der Waals surface area (Å²) in [6.07, 6.45) is 2.02. The molecule has 0 bridgehead atoms. The third-order valence-electron chi connectivity index (χ3n) is 3.80. The minimum absolute atomic E-state index is 0.0598. The van der Waals surface area contributed by atoms with Crippen LogP contribution in [0.5, 0.6) is 0 Å². The summed E-state index contributed by atoms with van der Waals surface area (Å²) >= 11 is 5.14. The Bertz CT molecular complexity index is 749. The Hall–Kier alpha value is -1.60. The molecule has 2 heterocycles. The lowest BCUT2D eigenvalue weighted by atomic mass is 10.3. The molecule has 2 aromatic heterocycles. The lowest BCUT2D eigenvalue weighted by molar-refractivity contribution is -0.918. The Morgan fingerprint density at radius 1 is 1.00 bits per heavy atom. The molecule has 0 aliphatic rings. The van der Waals surface area contributed by atoms with Gasteiger partial charge in [-0.05, 0) is 41.3 Å². The molecule has 25 heavy (non-hydrogen) atoms. The number of para-hydroxylation sites is 1. The van der Waals surface area contributed by atoms with E-state index in [1.54, 1.807) is 34.4 Å². The number of amides is 1. The standard InChI is InChI=1S/C19H20N2OS3/c1-23-18-9-3-2-8-17(18)20-19(22)14-21(12-15-6-4-10-24-15)13-16-7-5-11-25-16/h2-11H,12-14H2,1H3,(H,20,22)/p+1. The van der Waals surface area contributed by atoms with Crippen molar-refractivity contribution >= 4 is 46.0 Å². The van der Waals surface area contributed by atoms with Gasteiger partial charge < -0.3 is 10.2 Å². The van der Waals surface area contributed by atoms with Crippen LogP contribution >= 0.6 is 34.4 Å². The van der Waals surface area contributed by atoms with Gasteiger partial charge in [0.05, 0.1) is 15.4 Å². The fraction of sp³-hybridized carbons (Fsp3) is 0.211. The molecule has 6 heteroatoms. The normalized spacial score (nSPS) is 11.0. The largest absolute Gasteiger partial charge is 0.320 e. The number of carbonyl (C=O) groups is 1. The first-order valence-electron chi connectivity index (χ1n) is 8.06. The smallest absolute Gasteiger partial charge is 0.279 e. The zero-order valence-corrected chi connectivity index (χ0v) is 16.5. The van der Waals surface area contributed by atoms with Gasteiger partial charge in [0.1, 0.15) is 13.1 Å². The molecule has 1 amide bonds. The number of anilines is 1. The van der Waals surface area contributed by atoms with Crippen LogP contribution in [-0.2, 0) is 17.9 Å². The maximum Gasteiger partial charge on any atom is 0.279 e. The van der Waals surface area contributed by atoms with Gasteiger partial charge in [-0.25, -0.2) is 0 Å². The number of quaternary nitrogens is 1. The number of hydrogen-bond donors (Lipinski definition) is 2. The second-order valence-corrected chi connectivity index (χ2v) is 8.60. The molecule has 130 valence electrons. The number of hydrogen-bond acceptors (Lipinski definition) is 4. The van der Waals surface area contributed by atoms with Crippen molar-refractivity contribution in [3.63, 3.8) is 0 Å². The van der Waals surface area contributed by atoms with Crippen molar-refractivity contribution in [1.82, 2.24) is 0 Å². The summed E-state index contributed by atoms with van der Waals surface area (Å²) < 4.78 is 0. The summed E-state index contributed by atoms with van der Waals surface area (Å²) in [5.41, 5.74) is 0.895. The molecule has 0 aliphatic heterocycles. The van der Waals surface area contributed by atoms with E-state index in [2.05, 4.69) is 40.3 Å². The van der Waals surface area contributed by atoms with Crippen LogP contribution in [0.4, 0.5) is 5.69 Å². The Kier molecular flexibility index (Phi) is 6.69. The number of thiophene rings is 2. The molecule has 3 nitrogen and oxygen atoms in total. The fourth-order valence-corrected chi connectivity index (χ4v) is 4.78. The highest BCUT2D eigenvalue weighted by Gasteiger charge is 2.17. The van der Waals surface area contributed by atoms with E-state index < -0.39 is 0 Å². The van der Waals surface area contributed by atoms with Crippen LogP contribution in [0.1, 0.15) is 9.75 Å². The van der Waals surface area contributed by atoms with Crippen molar-refractivity contribution < 1.29 is 9.69 Å². The van der Waals surface area contributed by atoms with Gasteiger partial charge in [0.25, 0.3) is 5.91 Å². The lowest BCUT2D eigenvalue weighted by Crippen LogP contribution is -3.10. The molecule has 0 radical (unpaired) electrons. The summed E-state index contributed by atoms with van der Waals surface area (Å²) in [4.78, 5) is 17.6. The first-order valence-corrected chi connectivity index (χ1v) is 11.0. The van der Waals surface area contributed by atoms with Crippen molar-refractivity contribution in [3.05, 3.63) is 69.0 Å². The molecule has 2 N–H and O–H groups in total. The molecule has 0 spiro atoms. The van der Waals surface area contributed by atoms with E-state index in [1.807, 2.05) is 30.5 Å². The number of benzene rings is 1. The van der Waals surface area contributed by atoms with Gasteiger partial charge in [0, 0.05) is 4.90 Å². The molecule has 0 unspecified atom stereocenters. The van der Waals surface area contributed by atoms with Crippen LogP contribution < -0.4 is 10.2 Å². The van der Waals surface area contributed by atoms with E-state index in [0.717, 1.165) is 23.7 Å². The quantitative estimate of drug-likeness (QED) is 0.575. The Morgan fingerprint density at radius 3 is 2.20 bits per heavy atom. The van der Waals surface area contributed by atoms with E-state index in [0.29, 0.717) is 6.54 Å². The predicted octanol–water partition coefficient (Wildman–Crippen LogP) is 3.76. The van der Waals surface area contributed by atoms with Crippen molar-refractivity contribution in [2.45, 2.75) is 18.0 Å². The van der Waals surface area contributed by atoms with E-state index in [4.69, 9.17) is 0 Å². The van der Waals surface area contributed by atoms with Crippen molar-refractivity contribution in [2.24, 2.45) is 0 Å². The number of carbonyl (C=O) groups excluding carboxylic acids is 1. The van der Waals surface area contributed by atoms with Gasteiger partial charge in [-0.1, -0.05) is 24.3 Å². The minimum atomic E-state index is 0.0598. The number of rotatable bonds is 8. The fourth-order valence-electron chi connectivity index (χ4n) is 2.68. The zero-order chi connectivity index (χ0) is 17.5. The first kappa shape index (κ1) is 18.2. The third-order valence-corrected chi connectivity index (χ3v) is 6.35. The molecule has 0 fully saturated rings. The third kappa shape index (κ3) is 5.44. The van der Waals surface area contributed by atoms with Crippen LogP contribution in [-0.4, -0.2) is 18.7 Å². The van der Waals surface area contributed by atoms with E-state index >= 15 is 0 Å². The summed E-state index contributed by atoms with van der Waals surface area (Å²) in [5.74, 6) is 0.0598. The maximum atomic E-state index is 12.6. The summed E-state index contributed by atoms with van der Waals surface area (Å²) in [6.45, 7) is 2.19. The Labute approximate surface area is 160 Å².